The fourth-order valence-electron chi connectivity index (χ4n) is 2.53. The van der Waals surface area contributed by atoms with E-state index in [9.17, 15) is 29.1 Å². The Balaban J connectivity index is 5.21. The van der Waals surface area contributed by atoms with Crippen molar-refractivity contribution in [3.05, 3.63) is 0 Å². The lowest BCUT2D eigenvalue weighted by Gasteiger charge is -2.31. The molecule has 1 unspecified atom stereocenters. The smallest absolute Gasteiger partial charge is 0.407 e. The average molecular weight is 407 g/mol. The first-order chi connectivity index (χ1) is 13.0. The Kier molecular flexibility index (Phi) is 11.2. The van der Waals surface area contributed by atoms with E-state index >= 15 is 0 Å². The van der Waals surface area contributed by atoms with Crippen molar-refractivity contribution in [2.75, 3.05) is 45.8 Å². The highest BCUT2D eigenvalue weighted by Gasteiger charge is 2.26. The molecule has 28 heavy (non-hydrogen) atoms. The predicted molar refractivity (Wildman–Crippen MR) is 92.2 cm³/mol. The van der Waals surface area contributed by atoms with Crippen molar-refractivity contribution in [1.82, 2.24) is 14.7 Å². The van der Waals surface area contributed by atoms with Crippen LogP contribution in [-0.2, 0) is 19.2 Å². The monoisotopic (exact) mass is 407 g/mol. The lowest BCUT2D eigenvalue weighted by atomic mass is 10.2. The maximum Gasteiger partial charge on any atom is 0.407 e. The molecule has 0 saturated carbocycles. The SMILES string of the molecule is CCC(C(=O)O)N(CCN(CC(=O)O)CC(=O)O)CCN(CC(=O)O)C(=O)O. The molecule has 0 heterocycles. The molecule has 0 rings (SSSR count). The van der Waals surface area contributed by atoms with Crippen molar-refractivity contribution >= 4 is 30.0 Å². The Labute approximate surface area is 160 Å². The molecule has 0 radical (unpaired) electrons. The van der Waals surface area contributed by atoms with E-state index in [0.29, 0.717) is 4.90 Å². The minimum absolute atomic E-state index is 0.0497. The van der Waals surface area contributed by atoms with E-state index in [2.05, 4.69) is 0 Å². The van der Waals surface area contributed by atoms with E-state index < -0.39 is 55.6 Å². The van der Waals surface area contributed by atoms with Gasteiger partial charge in [0, 0.05) is 26.2 Å². The zero-order valence-electron chi connectivity index (χ0n) is 15.4. The van der Waals surface area contributed by atoms with Gasteiger partial charge in [-0.1, -0.05) is 6.92 Å². The number of hydrogen-bond donors (Lipinski definition) is 5. The largest absolute Gasteiger partial charge is 0.480 e. The number of nitrogens with zero attached hydrogens (tertiary/aromatic N) is 3. The highest BCUT2D eigenvalue weighted by molar-refractivity contribution is 5.76. The first-order valence-corrected chi connectivity index (χ1v) is 8.30. The summed E-state index contributed by atoms with van der Waals surface area (Å²) >= 11 is 0. The fourth-order valence-corrected chi connectivity index (χ4v) is 2.53. The van der Waals surface area contributed by atoms with Crippen LogP contribution in [0, 0.1) is 0 Å². The molecule has 0 fully saturated rings. The Morgan fingerprint density at radius 3 is 1.54 bits per heavy atom. The minimum Gasteiger partial charge on any atom is -0.480 e. The summed E-state index contributed by atoms with van der Waals surface area (Å²) in [6, 6.07) is -1.03. The number of amides is 1. The quantitative estimate of drug-likeness (QED) is 0.215. The maximum atomic E-state index is 11.5. The standard InChI is InChI=1S/C15H25N3O10/c1-2-10(14(25)26)17(5-6-18(15(27)28)9-13(23)24)4-3-16(7-11(19)20)8-12(21)22/h10H,2-9H2,1H3,(H,19,20)(H,21,22)(H,23,24)(H,25,26)(H,27,28). The van der Waals surface area contributed by atoms with Crippen molar-refractivity contribution in [1.29, 1.82) is 0 Å². The van der Waals surface area contributed by atoms with Gasteiger partial charge in [-0.3, -0.25) is 33.9 Å². The van der Waals surface area contributed by atoms with Gasteiger partial charge in [0.1, 0.15) is 12.6 Å². The molecule has 0 aromatic rings. The van der Waals surface area contributed by atoms with Crippen molar-refractivity contribution < 1.29 is 49.5 Å². The predicted octanol–water partition coefficient (Wildman–Crippen LogP) is -1.31. The molecule has 0 aromatic heterocycles. The fraction of sp³-hybridized carbons (Fsp3) is 0.667. The molecule has 5 N–H and O–H groups in total. The maximum absolute atomic E-state index is 11.5. The second kappa shape index (κ2) is 12.5. The van der Waals surface area contributed by atoms with E-state index in [4.69, 9.17) is 20.4 Å². The van der Waals surface area contributed by atoms with Gasteiger partial charge in [-0.15, -0.1) is 0 Å². The molecule has 13 heteroatoms. The third-order valence-corrected chi connectivity index (χ3v) is 3.79. The lowest BCUT2D eigenvalue weighted by Crippen LogP contribution is -2.49. The number of rotatable bonds is 15. The molecular weight excluding hydrogens is 382 g/mol. The van der Waals surface area contributed by atoms with Crippen LogP contribution in [0.4, 0.5) is 4.79 Å². The molecule has 1 amide bonds. The van der Waals surface area contributed by atoms with Gasteiger partial charge in [0.2, 0.25) is 0 Å². The van der Waals surface area contributed by atoms with Crippen LogP contribution in [0.1, 0.15) is 13.3 Å². The summed E-state index contributed by atoms with van der Waals surface area (Å²) in [6.07, 6.45) is -1.33. The molecule has 0 aliphatic heterocycles. The molecule has 0 aliphatic carbocycles. The van der Waals surface area contributed by atoms with Gasteiger partial charge in [0.25, 0.3) is 0 Å². The molecule has 13 nitrogen and oxygen atoms in total. The number of aliphatic carboxylic acids is 4. The average Bonchev–Trinajstić information content (AvgIpc) is 2.53. The van der Waals surface area contributed by atoms with Crippen LogP contribution in [0.2, 0.25) is 0 Å². The summed E-state index contributed by atoms with van der Waals surface area (Å²) in [5.41, 5.74) is 0. The van der Waals surface area contributed by atoms with Crippen molar-refractivity contribution in [2.24, 2.45) is 0 Å². The highest BCUT2D eigenvalue weighted by atomic mass is 16.4. The summed E-state index contributed by atoms with van der Waals surface area (Å²) in [5.74, 6) is -5.06. The van der Waals surface area contributed by atoms with E-state index in [-0.39, 0.29) is 32.6 Å². The molecule has 0 aliphatic rings. The van der Waals surface area contributed by atoms with Crippen LogP contribution in [0.5, 0.6) is 0 Å². The number of carboxylic acids is 4. The van der Waals surface area contributed by atoms with Crippen LogP contribution in [0.15, 0.2) is 0 Å². The lowest BCUT2D eigenvalue weighted by molar-refractivity contribution is -0.145. The van der Waals surface area contributed by atoms with Gasteiger partial charge in [0.15, 0.2) is 0 Å². The summed E-state index contributed by atoms with van der Waals surface area (Å²) in [6.45, 7) is -0.877. The number of carboxylic acid groups (broad SMARTS) is 5. The van der Waals surface area contributed by atoms with Gasteiger partial charge >= 0.3 is 30.0 Å². The zero-order chi connectivity index (χ0) is 21.9. The Morgan fingerprint density at radius 2 is 1.18 bits per heavy atom. The van der Waals surface area contributed by atoms with Gasteiger partial charge in [0.05, 0.1) is 13.1 Å². The number of carbonyl (C=O) groups is 5. The Morgan fingerprint density at radius 1 is 0.714 bits per heavy atom. The van der Waals surface area contributed by atoms with Gasteiger partial charge in [-0.25, -0.2) is 4.79 Å². The van der Waals surface area contributed by atoms with Crippen LogP contribution in [-0.4, -0.2) is 122 Å². The van der Waals surface area contributed by atoms with Gasteiger partial charge in [-0.05, 0) is 6.42 Å². The molecule has 0 aromatic carbocycles. The van der Waals surface area contributed by atoms with E-state index in [1.54, 1.807) is 6.92 Å². The van der Waals surface area contributed by atoms with Gasteiger partial charge < -0.3 is 25.5 Å². The van der Waals surface area contributed by atoms with Crippen molar-refractivity contribution in [3.8, 4) is 0 Å². The minimum atomic E-state index is -1.48. The van der Waals surface area contributed by atoms with Gasteiger partial charge in [-0.2, -0.15) is 0 Å². The van der Waals surface area contributed by atoms with Crippen LogP contribution >= 0.6 is 0 Å². The third kappa shape index (κ3) is 10.3. The van der Waals surface area contributed by atoms with Crippen LogP contribution < -0.4 is 0 Å². The second-order valence-electron chi connectivity index (χ2n) is 5.89. The molecule has 0 spiro atoms. The summed E-state index contributed by atoms with van der Waals surface area (Å²) in [7, 11) is 0. The third-order valence-electron chi connectivity index (χ3n) is 3.79. The molecule has 0 bridgehead atoms. The zero-order valence-corrected chi connectivity index (χ0v) is 15.4. The molecule has 160 valence electrons. The Hall–Kier alpha value is -2.93. The van der Waals surface area contributed by atoms with Crippen molar-refractivity contribution in [3.63, 3.8) is 0 Å². The first-order valence-electron chi connectivity index (χ1n) is 8.30. The number of hydrogen-bond acceptors (Lipinski definition) is 7. The van der Waals surface area contributed by atoms with Crippen molar-refractivity contribution in [2.45, 2.75) is 19.4 Å². The molecule has 1 atom stereocenters. The van der Waals surface area contributed by atoms with E-state index in [1.165, 1.54) is 4.90 Å². The normalized spacial score (nSPS) is 12.0. The summed E-state index contributed by atoms with van der Waals surface area (Å²) in [4.78, 5) is 58.1. The molecule has 0 saturated heterocycles. The Bertz CT molecular complexity index is 566. The first kappa shape index (κ1) is 25.1. The summed E-state index contributed by atoms with van der Waals surface area (Å²) < 4.78 is 0. The van der Waals surface area contributed by atoms with Crippen LogP contribution in [0.25, 0.3) is 0 Å². The summed E-state index contributed by atoms with van der Waals surface area (Å²) in [5, 5.41) is 44.9. The highest BCUT2D eigenvalue weighted by Crippen LogP contribution is 2.07. The van der Waals surface area contributed by atoms with Crippen LogP contribution in [0.3, 0.4) is 0 Å². The molecular formula is C15H25N3O10. The van der Waals surface area contributed by atoms with E-state index in [1.807, 2.05) is 0 Å². The topological polar surface area (TPSA) is 196 Å². The second-order valence-corrected chi connectivity index (χ2v) is 5.89. The van der Waals surface area contributed by atoms with E-state index in [0.717, 1.165) is 4.90 Å².